The van der Waals surface area contributed by atoms with Crippen LogP contribution in [0.1, 0.15) is 93.6 Å². The molecule has 2 nitrogen and oxygen atoms in total. The van der Waals surface area contributed by atoms with E-state index in [0.717, 1.165) is 12.8 Å². The summed E-state index contributed by atoms with van der Waals surface area (Å²) in [5.74, 6) is -0.220. The first kappa shape index (κ1) is 26.1. The molecule has 0 aliphatic carbocycles. The number of hydrogen-bond donors (Lipinski definition) is 1. The molecule has 0 bridgehead atoms. The summed E-state index contributed by atoms with van der Waals surface area (Å²) >= 11 is 5.33. The molecule has 29 heavy (non-hydrogen) atoms. The van der Waals surface area contributed by atoms with Gasteiger partial charge in [-0.05, 0) is 35.2 Å². The monoisotopic (exact) mass is 420 g/mol. The Morgan fingerprint density at radius 2 is 1.45 bits per heavy atom. The lowest BCUT2D eigenvalue weighted by Gasteiger charge is -2.55. The molecule has 0 saturated heterocycles. The molecule has 166 valence electrons. The van der Waals surface area contributed by atoms with E-state index >= 15 is 0 Å². The van der Waals surface area contributed by atoms with Crippen molar-refractivity contribution >= 4 is 18.6 Å². The molecule has 0 saturated carbocycles. The van der Waals surface area contributed by atoms with Gasteiger partial charge in [0.15, 0.2) is 0 Å². The first-order chi connectivity index (χ1) is 13.1. The average molecular weight is 421 g/mol. The summed E-state index contributed by atoms with van der Waals surface area (Å²) in [7, 11) is 0. The summed E-state index contributed by atoms with van der Waals surface area (Å²) in [6.45, 7) is 22.4. The molecular formula is C26H44O2S. The van der Waals surface area contributed by atoms with Crippen molar-refractivity contribution in [3.05, 3.63) is 35.9 Å². The van der Waals surface area contributed by atoms with Crippen LogP contribution in [0.2, 0.25) is 0 Å². The zero-order valence-electron chi connectivity index (χ0n) is 20.4. The van der Waals surface area contributed by atoms with Gasteiger partial charge in [0.1, 0.15) is 0 Å². The lowest BCUT2D eigenvalue weighted by atomic mass is 9.54. The average Bonchev–Trinajstić information content (AvgIpc) is 2.52. The molecule has 1 rings (SSSR count). The van der Waals surface area contributed by atoms with Crippen LogP contribution in [0.25, 0.3) is 0 Å². The molecule has 0 heterocycles. The molecule has 3 unspecified atom stereocenters. The van der Waals surface area contributed by atoms with E-state index in [1.165, 1.54) is 5.56 Å². The molecule has 0 fully saturated rings. The van der Waals surface area contributed by atoms with E-state index in [4.69, 9.17) is 17.4 Å². The lowest BCUT2D eigenvalue weighted by molar-refractivity contribution is -0.160. The van der Waals surface area contributed by atoms with Gasteiger partial charge in [-0.1, -0.05) is 99.1 Å². The van der Waals surface area contributed by atoms with Gasteiger partial charge in [-0.2, -0.15) is 12.6 Å². The number of carbonyl (C=O) groups is 1. The highest BCUT2D eigenvalue weighted by molar-refractivity contribution is 7.81. The third kappa shape index (κ3) is 6.03. The van der Waals surface area contributed by atoms with Crippen LogP contribution in [0.3, 0.4) is 0 Å². The van der Waals surface area contributed by atoms with Crippen LogP contribution in [0.4, 0.5) is 0 Å². The summed E-state index contributed by atoms with van der Waals surface area (Å²) in [4.78, 5) is 13.3. The number of ether oxygens (including phenoxy) is 1. The van der Waals surface area contributed by atoms with Crippen molar-refractivity contribution in [3.63, 3.8) is 0 Å². The number of hydrogen-bond acceptors (Lipinski definition) is 3. The van der Waals surface area contributed by atoms with E-state index in [1.54, 1.807) is 0 Å². The molecule has 0 spiro atoms. The number of unbranched alkanes of at least 4 members (excludes halogenated alkanes) is 1. The second kappa shape index (κ2) is 9.45. The Labute approximate surface area is 185 Å². The van der Waals surface area contributed by atoms with Gasteiger partial charge in [0.25, 0.3) is 0 Å². The topological polar surface area (TPSA) is 26.3 Å². The molecule has 0 radical (unpaired) electrons. The normalized spacial score (nSPS) is 17.3. The Balaban J connectivity index is 3.49. The van der Waals surface area contributed by atoms with Gasteiger partial charge in [0, 0.05) is 10.7 Å². The van der Waals surface area contributed by atoms with Gasteiger partial charge in [-0.25, -0.2) is 0 Å². The van der Waals surface area contributed by atoms with Crippen LogP contribution in [-0.2, 0) is 9.53 Å². The summed E-state index contributed by atoms with van der Waals surface area (Å²) in [6.07, 6.45) is 1.91. The van der Waals surface area contributed by atoms with Crippen molar-refractivity contribution in [2.75, 3.05) is 6.61 Å². The van der Waals surface area contributed by atoms with Crippen LogP contribution in [0.5, 0.6) is 0 Å². The Morgan fingerprint density at radius 3 is 1.86 bits per heavy atom. The van der Waals surface area contributed by atoms with Crippen molar-refractivity contribution < 1.29 is 9.53 Å². The first-order valence-corrected chi connectivity index (χ1v) is 11.5. The third-order valence-electron chi connectivity index (χ3n) is 6.43. The van der Waals surface area contributed by atoms with Crippen LogP contribution >= 0.6 is 12.6 Å². The van der Waals surface area contributed by atoms with Gasteiger partial charge in [-0.15, -0.1) is 0 Å². The molecular weight excluding hydrogens is 376 g/mol. The number of rotatable bonds is 8. The minimum atomic E-state index is -0.450. The van der Waals surface area contributed by atoms with Crippen LogP contribution < -0.4 is 0 Å². The fraction of sp³-hybridized carbons (Fsp3) is 0.731. The molecule has 0 aliphatic heterocycles. The quantitative estimate of drug-likeness (QED) is 0.267. The van der Waals surface area contributed by atoms with E-state index < -0.39 is 10.2 Å². The van der Waals surface area contributed by atoms with Gasteiger partial charge in [-0.3, -0.25) is 4.79 Å². The summed E-state index contributed by atoms with van der Waals surface area (Å²) in [5, 5.41) is 0. The maximum absolute atomic E-state index is 13.3. The van der Waals surface area contributed by atoms with E-state index in [-0.39, 0.29) is 28.6 Å². The van der Waals surface area contributed by atoms with E-state index in [2.05, 4.69) is 93.5 Å². The van der Waals surface area contributed by atoms with Crippen molar-refractivity contribution in [3.8, 4) is 0 Å². The molecule has 3 atom stereocenters. The maximum Gasteiger partial charge on any atom is 0.310 e. The van der Waals surface area contributed by atoms with Crippen LogP contribution in [0, 0.1) is 22.2 Å². The molecule has 0 aromatic heterocycles. The smallest absolute Gasteiger partial charge is 0.310 e. The summed E-state index contributed by atoms with van der Waals surface area (Å²) < 4.78 is 5.30. The van der Waals surface area contributed by atoms with Crippen molar-refractivity contribution in [2.45, 2.75) is 92.7 Å². The second-order valence-corrected chi connectivity index (χ2v) is 12.3. The van der Waals surface area contributed by atoms with E-state index in [9.17, 15) is 4.79 Å². The minimum absolute atomic E-state index is 0.0241. The number of esters is 1. The van der Waals surface area contributed by atoms with E-state index in [1.807, 2.05) is 6.07 Å². The molecule has 3 heteroatoms. The van der Waals surface area contributed by atoms with Gasteiger partial charge >= 0.3 is 5.97 Å². The highest BCUT2D eigenvalue weighted by Crippen LogP contribution is 2.59. The Kier molecular flexibility index (Phi) is 8.50. The number of benzene rings is 1. The fourth-order valence-electron chi connectivity index (χ4n) is 5.11. The Bertz CT molecular complexity index is 648. The van der Waals surface area contributed by atoms with Crippen LogP contribution in [-0.4, -0.2) is 17.3 Å². The fourth-order valence-corrected chi connectivity index (χ4v) is 5.77. The first-order valence-electron chi connectivity index (χ1n) is 11.0. The van der Waals surface area contributed by atoms with Gasteiger partial charge in [0.05, 0.1) is 12.5 Å². The highest BCUT2D eigenvalue weighted by atomic mass is 32.1. The third-order valence-corrected chi connectivity index (χ3v) is 7.27. The second-order valence-electron chi connectivity index (χ2n) is 11.4. The highest BCUT2D eigenvalue weighted by Gasteiger charge is 2.57. The summed E-state index contributed by atoms with van der Waals surface area (Å²) in [6, 6.07) is 10.6. The Morgan fingerprint density at radius 1 is 0.931 bits per heavy atom. The number of thiol groups is 1. The maximum atomic E-state index is 13.3. The molecule has 0 N–H and O–H groups in total. The van der Waals surface area contributed by atoms with Gasteiger partial charge in [0.2, 0.25) is 0 Å². The lowest BCUT2D eigenvalue weighted by Crippen LogP contribution is -2.55. The SMILES string of the molecule is CCCCOC(=O)C(C(C)(C)C)C(C)(C)C(C)(S)C(c1ccccc1)C(C)(C)C. The predicted octanol–water partition coefficient (Wildman–Crippen LogP) is 7.54. The van der Waals surface area contributed by atoms with Gasteiger partial charge < -0.3 is 4.74 Å². The van der Waals surface area contributed by atoms with Crippen molar-refractivity contribution in [2.24, 2.45) is 22.2 Å². The van der Waals surface area contributed by atoms with Crippen LogP contribution in [0.15, 0.2) is 30.3 Å². The molecule has 0 amide bonds. The minimum Gasteiger partial charge on any atom is -0.465 e. The largest absolute Gasteiger partial charge is 0.465 e. The molecule has 0 aliphatic rings. The standard InChI is InChI=1S/C26H44O2S/c1-11-12-18-28-22(27)21(24(5,6)7)25(8,9)26(10,29)20(23(2,3)4)19-16-14-13-15-17-19/h13-17,20-21,29H,11-12,18H2,1-10H3. The Hall–Kier alpha value is -0.960. The zero-order chi connectivity index (χ0) is 22.7. The number of carbonyl (C=O) groups excluding carboxylic acids is 1. The summed E-state index contributed by atoms with van der Waals surface area (Å²) in [5.41, 5.74) is 0.586. The molecule has 1 aromatic carbocycles. The zero-order valence-corrected chi connectivity index (χ0v) is 21.3. The predicted molar refractivity (Wildman–Crippen MR) is 129 cm³/mol. The van der Waals surface area contributed by atoms with Crippen molar-refractivity contribution in [1.82, 2.24) is 0 Å². The molecule has 1 aromatic rings. The van der Waals surface area contributed by atoms with E-state index in [0.29, 0.717) is 6.61 Å². The van der Waals surface area contributed by atoms with Crippen molar-refractivity contribution in [1.29, 1.82) is 0 Å².